The quantitative estimate of drug-likeness (QED) is 0.607. The highest BCUT2D eigenvalue weighted by atomic mass is 35.5. The third-order valence-electron chi connectivity index (χ3n) is 4.21. The summed E-state index contributed by atoms with van der Waals surface area (Å²) in [5.74, 6) is 0.278. The fraction of sp³-hybridized carbons (Fsp3) is 0.238. The summed E-state index contributed by atoms with van der Waals surface area (Å²) in [6.45, 7) is 3.98. The lowest BCUT2D eigenvalue weighted by molar-refractivity contribution is -0.138. The molecule has 0 spiro atoms. The maximum absolute atomic E-state index is 12.5. The van der Waals surface area contributed by atoms with Crippen LogP contribution in [0.2, 0.25) is 10.0 Å². The maximum atomic E-state index is 12.5. The molecule has 1 aliphatic heterocycles. The van der Waals surface area contributed by atoms with Crippen LogP contribution in [0.1, 0.15) is 31.0 Å². The van der Waals surface area contributed by atoms with Gasteiger partial charge in [-0.3, -0.25) is 0 Å². The summed E-state index contributed by atoms with van der Waals surface area (Å²) < 4.78 is 5.25. The average molecular weight is 435 g/mol. The highest BCUT2D eigenvalue weighted by molar-refractivity contribution is 8.13. The normalized spacial score (nSPS) is 16.4. The predicted octanol–water partition coefficient (Wildman–Crippen LogP) is 5.76. The van der Waals surface area contributed by atoms with Crippen LogP contribution in [0, 0.1) is 0 Å². The Morgan fingerprint density at radius 2 is 1.96 bits per heavy atom. The molecule has 0 radical (unpaired) electrons. The van der Waals surface area contributed by atoms with Crippen molar-refractivity contribution in [3.63, 3.8) is 0 Å². The highest BCUT2D eigenvalue weighted by Gasteiger charge is 2.30. The van der Waals surface area contributed by atoms with Crippen LogP contribution < -0.4 is 5.32 Å². The van der Waals surface area contributed by atoms with Gasteiger partial charge >= 0.3 is 5.97 Å². The fourth-order valence-corrected chi connectivity index (χ4v) is 4.36. The summed E-state index contributed by atoms with van der Waals surface area (Å²) in [6, 6.07) is 14.8. The van der Waals surface area contributed by atoms with Gasteiger partial charge in [0.25, 0.3) is 0 Å². The second-order valence-corrected chi connectivity index (χ2v) is 7.96. The van der Waals surface area contributed by atoms with Gasteiger partial charge in [-0.25, -0.2) is 9.79 Å². The van der Waals surface area contributed by atoms with E-state index >= 15 is 0 Å². The summed E-state index contributed by atoms with van der Waals surface area (Å²) in [5, 5.41) is 5.18. The van der Waals surface area contributed by atoms with Gasteiger partial charge in [-0.1, -0.05) is 71.4 Å². The van der Waals surface area contributed by atoms with Gasteiger partial charge in [0.1, 0.15) is 6.04 Å². The van der Waals surface area contributed by atoms with Crippen molar-refractivity contribution in [1.29, 1.82) is 0 Å². The smallest absolute Gasteiger partial charge is 0.338 e. The first-order valence-electron chi connectivity index (χ1n) is 8.84. The van der Waals surface area contributed by atoms with Crippen molar-refractivity contribution in [2.75, 3.05) is 6.61 Å². The van der Waals surface area contributed by atoms with Crippen LogP contribution in [-0.4, -0.2) is 17.7 Å². The van der Waals surface area contributed by atoms with Crippen molar-refractivity contribution in [1.82, 2.24) is 5.32 Å². The minimum absolute atomic E-state index is 0.317. The van der Waals surface area contributed by atoms with E-state index in [0.29, 0.717) is 28.0 Å². The van der Waals surface area contributed by atoms with Crippen LogP contribution in [0.4, 0.5) is 0 Å². The van der Waals surface area contributed by atoms with Gasteiger partial charge < -0.3 is 10.1 Å². The number of ether oxygens (including phenoxy) is 1. The van der Waals surface area contributed by atoms with E-state index in [9.17, 15) is 4.79 Å². The molecule has 4 nitrogen and oxygen atoms in total. The molecule has 1 N–H and O–H groups in total. The standard InChI is InChI=1S/C21H20Cl2N2O2S/c1-3-27-20(26)18-13(2)24-21(25-19(18)14-7-5-4-6-8-14)28-12-15-9-10-16(22)11-17(15)23/h4-11,19H,3,12H2,1-2H3,(H,24,25)/t19-/m1/s1. The molecule has 0 aromatic heterocycles. The molecule has 146 valence electrons. The van der Waals surface area contributed by atoms with Crippen LogP contribution in [0.15, 0.2) is 64.8 Å². The lowest BCUT2D eigenvalue weighted by Gasteiger charge is -2.25. The van der Waals surface area contributed by atoms with Gasteiger partial charge in [0.05, 0.1) is 12.2 Å². The van der Waals surface area contributed by atoms with Crippen LogP contribution in [0.25, 0.3) is 0 Å². The number of carbonyl (C=O) groups excluding carboxylic acids is 1. The van der Waals surface area contributed by atoms with Gasteiger partial charge in [-0.15, -0.1) is 0 Å². The number of hydrogen-bond acceptors (Lipinski definition) is 5. The Morgan fingerprint density at radius 3 is 2.64 bits per heavy atom. The first kappa shape index (κ1) is 20.8. The predicted molar refractivity (Wildman–Crippen MR) is 117 cm³/mol. The zero-order valence-corrected chi connectivity index (χ0v) is 17.9. The van der Waals surface area contributed by atoms with E-state index in [-0.39, 0.29) is 5.97 Å². The average Bonchev–Trinajstić information content (AvgIpc) is 2.67. The molecule has 0 amide bonds. The Hall–Kier alpha value is -1.95. The largest absolute Gasteiger partial charge is 0.463 e. The number of hydrogen-bond donors (Lipinski definition) is 1. The molecule has 0 unspecified atom stereocenters. The van der Waals surface area contributed by atoms with Gasteiger partial charge in [0.15, 0.2) is 5.17 Å². The molecule has 28 heavy (non-hydrogen) atoms. The monoisotopic (exact) mass is 434 g/mol. The zero-order valence-electron chi connectivity index (χ0n) is 15.5. The van der Waals surface area contributed by atoms with E-state index in [0.717, 1.165) is 22.0 Å². The van der Waals surface area contributed by atoms with Crippen molar-refractivity contribution in [3.8, 4) is 0 Å². The summed E-state index contributed by atoms with van der Waals surface area (Å²) in [6.07, 6.45) is 0. The van der Waals surface area contributed by atoms with Crippen LogP contribution in [0.3, 0.4) is 0 Å². The maximum Gasteiger partial charge on any atom is 0.338 e. The van der Waals surface area contributed by atoms with Gasteiger partial charge in [-0.05, 0) is 37.1 Å². The van der Waals surface area contributed by atoms with E-state index in [1.165, 1.54) is 11.8 Å². The number of amidine groups is 1. The van der Waals surface area contributed by atoms with Gasteiger partial charge in [-0.2, -0.15) is 0 Å². The summed E-state index contributed by atoms with van der Waals surface area (Å²) in [5.41, 5.74) is 3.18. The molecule has 1 atom stereocenters. The molecular formula is C21H20Cl2N2O2S. The van der Waals surface area contributed by atoms with Gasteiger partial charge in [0.2, 0.25) is 0 Å². The summed E-state index contributed by atoms with van der Waals surface area (Å²) in [7, 11) is 0. The van der Waals surface area contributed by atoms with E-state index in [1.807, 2.05) is 49.4 Å². The number of allylic oxidation sites excluding steroid dienone is 1. The Kier molecular flexibility index (Phi) is 7.05. The molecule has 3 rings (SSSR count). The molecule has 0 fully saturated rings. The zero-order chi connectivity index (χ0) is 20.1. The second-order valence-electron chi connectivity index (χ2n) is 6.16. The van der Waals surface area contributed by atoms with Crippen molar-refractivity contribution in [2.24, 2.45) is 4.99 Å². The highest BCUT2D eigenvalue weighted by Crippen LogP contribution is 2.34. The Labute approximate surface area is 179 Å². The van der Waals surface area contributed by atoms with Crippen molar-refractivity contribution in [3.05, 3.63) is 81.0 Å². The van der Waals surface area contributed by atoms with E-state index in [1.54, 1.807) is 13.0 Å². The van der Waals surface area contributed by atoms with E-state index < -0.39 is 6.04 Å². The molecular weight excluding hydrogens is 415 g/mol. The minimum atomic E-state index is -0.412. The van der Waals surface area contributed by atoms with Gasteiger partial charge in [0, 0.05) is 21.5 Å². The summed E-state index contributed by atoms with van der Waals surface area (Å²) >= 11 is 13.8. The van der Waals surface area contributed by atoms with Crippen LogP contribution >= 0.6 is 35.0 Å². The number of carbonyl (C=O) groups is 1. The number of halogens is 2. The number of benzene rings is 2. The Bertz CT molecular complexity index is 929. The molecule has 2 aromatic carbocycles. The topological polar surface area (TPSA) is 50.7 Å². The number of nitrogens with zero attached hydrogens (tertiary/aromatic N) is 1. The molecule has 1 heterocycles. The molecule has 2 aromatic rings. The number of aliphatic imine (C=N–C) groups is 1. The molecule has 0 saturated heterocycles. The van der Waals surface area contributed by atoms with Crippen molar-refractivity contribution < 1.29 is 9.53 Å². The van der Waals surface area contributed by atoms with E-state index in [4.69, 9.17) is 32.9 Å². The molecule has 0 bridgehead atoms. The number of esters is 1. The van der Waals surface area contributed by atoms with Crippen molar-refractivity contribution >= 4 is 46.1 Å². The van der Waals surface area contributed by atoms with Crippen LogP contribution in [-0.2, 0) is 15.3 Å². The molecule has 1 aliphatic rings. The fourth-order valence-electron chi connectivity index (χ4n) is 2.86. The lowest BCUT2D eigenvalue weighted by atomic mass is 9.97. The Balaban J connectivity index is 1.86. The first-order chi connectivity index (χ1) is 13.5. The first-order valence-corrected chi connectivity index (χ1v) is 10.6. The molecule has 0 aliphatic carbocycles. The minimum Gasteiger partial charge on any atom is -0.463 e. The SMILES string of the molecule is CCOC(=O)C1=C(C)NC(SCc2ccc(Cl)cc2Cl)=N[C@@H]1c1ccccc1. The number of thioether (sulfide) groups is 1. The third-order valence-corrected chi connectivity index (χ3v) is 5.73. The number of nitrogens with one attached hydrogen (secondary N) is 1. The third kappa shape index (κ3) is 4.90. The number of rotatable bonds is 5. The molecule has 7 heteroatoms. The van der Waals surface area contributed by atoms with Crippen molar-refractivity contribution in [2.45, 2.75) is 25.6 Å². The second kappa shape index (κ2) is 9.50. The van der Waals surface area contributed by atoms with Crippen LogP contribution in [0.5, 0.6) is 0 Å². The Morgan fingerprint density at radius 1 is 1.21 bits per heavy atom. The lowest BCUT2D eigenvalue weighted by Crippen LogP contribution is -2.30. The van der Waals surface area contributed by atoms with E-state index in [2.05, 4.69) is 5.32 Å². The molecule has 0 saturated carbocycles. The summed E-state index contributed by atoms with van der Waals surface area (Å²) in [4.78, 5) is 17.3.